The van der Waals surface area contributed by atoms with E-state index in [9.17, 15) is 9.18 Å². The number of carboxylic acids is 1. The molecule has 6 heteroatoms. The van der Waals surface area contributed by atoms with Gasteiger partial charge in [-0.1, -0.05) is 26.0 Å². The van der Waals surface area contributed by atoms with Crippen molar-refractivity contribution in [1.29, 1.82) is 0 Å². The summed E-state index contributed by atoms with van der Waals surface area (Å²) >= 11 is 0. The second kappa shape index (κ2) is 5.17. The van der Waals surface area contributed by atoms with Gasteiger partial charge in [0.2, 0.25) is 0 Å². The van der Waals surface area contributed by atoms with Crippen LogP contribution in [0, 0.1) is 5.82 Å². The minimum Gasteiger partial charge on any atom is -0.481 e. The first-order valence-electron chi connectivity index (χ1n) is 5.91. The van der Waals surface area contributed by atoms with Crippen molar-refractivity contribution in [2.24, 2.45) is 0 Å². The quantitative estimate of drug-likeness (QED) is 0.917. The monoisotopic (exact) mass is 263 g/mol. The highest BCUT2D eigenvalue weighted by atomic mass is 19.1. The molecule has 0 bridgehead atoms. The number of hydrogen-bond donors (Lipinski definition) is 1. The molecule has 0 radical (unpaired) electrons. The van der Waals surface area contributed by atoms with Crippen molar-refractivity contribution >= 4 is 5.97 Å². The maximum atomic E-state index is 13.8. The van der Waals surface area contributed by atoms with Crippen molar-refractivity contribution in [3.63, 3.8) is 0 Å². The lowest BCUT2D eigenvalue weighted by Crippen LogP contribution is -2.10. The number of aromatic nitrogens is 3. The zero-order valence-corrected chi connectivity index (χ0v) is 10.7. The van der Waals surface area contributed by atoms with E-state index in [2.05, 4.69) is 10.1 Å². The normalized spacial score (nSPS) is 10.9. The van der Waals surface area contributed by atoms with Gasteiger partial charge in [0.25, 0.3) is 0 Å². The minimum absolute atomic E-state index is 0.0422. The standard InChI is InChI=1S/C13H14FN3O2/c1-8(2)13-15-11(7-12(18)19)17(16-13)10-6-4-3-5-9(10)14/h3-6,8H,7H2,1-2H3,(H,18,19). The highest BCUT2D eigenvalue weighted by molar-refractivity contribution is 5.69. The molecule has 1 N–H and O–H groups in total. The average molecular weight is 263 g/mol. The molecule has 19 heavy (non-hydrogen) atoms. The summed E-state index contributed by atoms with van der Waals surface area (Å²) in [6.07, 6.45) is -0.298. The van der Waals surface area contributed by atoms with Gasteiger partial charge < -0.3 is 5.11 Å². The number of carbonyl (C=O) groups is 1. The van der Waals surface area contributed by atoms with Crippen LogP contribution in [-0.2, 0) is 11.2 Å². The van der Waals surface area contributed by atoms with E-state index in [0.717, 1.165) is 0 Å². The predicted octanol–water partition coefficient (Wildman–Crippen LogP) is 2.16. The number of benzene rings is 1. The summed E-state index contributed by atoms with van der Waals surface area (Å²) in [6, 6.07) is 6.08. The predicted molar refractivity (Wildman–Crippen MR) is 66.7 cm³/mol. The number of hydrogen-bond acceptors (Lipinski definition) is 3. The Bertz CT molecular complexity index is 608. The molecule has 2 rings (SSSR count). The lowest BCUT2D eigenvalue weighted by atomic mass is 10.2. The van der Waals surface area contributed by atoms with Crippen LogP contribution in [0.4, 0.5) is 4.39 Å². The molecule has 0 fully saturated rings. The third-order valence-corrected chi connectivity index (χ3v) is 2.60. The van der Waals surface area contributed by atoms with E-state index in [1.165, 1.54) is 10.7 Å². The Morgan fingerprint density at radius 2 is 2.11 bits per heavy atom. The minimum atomic E-state index is -1.03. The van der Waals surface area contributed by atoms with Crippen LogP contribution in [0.2, 0.25) is 0 Å². The van der Waals surface area contributed by atoms with E-state index in [4.69, 9.17) is 5.11 Å². The SMILES string of the molecule is CC(C)c1nc(CC(=O)O)n(-c2ccccc2F)n1. The van der Waals surface area contributed by atoms with Gasteiger partial charge in [-0.2, -0.15) is 5.10 Å². The molecule has 100 valence electrons. The third-order valence-electron chi connectivity index (χ3n) is 2.60. The van der Waals surface area contributed by atoms with E-state index in [1.807, 2.05) is 13.8 Å². The summed E-state index contributed by atoms with van der Waals surface area (Å²) in [6.45, 7) is 3.79. The van der Waals surface area contributed by atoms with Crippen LogP contribution < -0.4 is 0 Å². The van der Waals surface area contributed by atoms with Crippen LogP contribution in [0.1, 0.15) is 31.4 Å². The molecule has 0 aliphatic carbocycles. The lowest BCUT2D eigenvalue weighted by Gasteiger charge is -2.05. The van der Waals surface area contributed by atoms with Crippen LogP contribution >= 0.6 is 0 Å². The van der Waals surface area contributed by atoms with Crippen LogP contribution in [0.5, 0.6) is 0 Å². The molecule has 0 aliphatic rings. The maximum absolute atomic E-state index is 13.8. The van der Waals surface area contributed by atoms with Gasteiger partial charge >= 0.3 is 5.97 Å². The fraction of sp³-hybridized carbons (Fsp3) is 0.308. The molecule has 0 aliphatic heterocycles. The number of rotatable bonds is 4. The summed E-state index contributed by atoms with van der Waals surface area (Å²) in [5, 5.41) is 13.1. The molecule has 1 aromatic carbocycles. The van der Waals surface area contributed by atoms with Gasteiger partial charge in [-0.05, 0) is 12.1 Å². The lowest BCUT2D eigenvalue weighted by molar-refractivity contribution is -0.136. The number of halogens is 1. The number of para-hydroxylation sites is 1. The summed E-state index contributed by atoms with van der Waals surface area (Å²) in [5.41, 5.74) is 0.207. The molecule has 1 aromatic heterocycles. The van der Waals surface area contributed by atoms with E-state index in [-0.39, 0.29) is 23.9 Å². The molecule has 0 saturated heterocycles. The Labute approximate surface area is 109 Å². The molecule has 1 heterocycles. The van der Waals surface area contributed by atoms with Gasteiger partial charge in [-0.25, -0.2) is 14.1 Å². The highest BCUT2D eigenvalue weighted by Gasteiger charge is 2.18. The van der Waals surface area contributed by atoms with Crippen molar-refractivity contribution in [1.82, 2.24) is 14.8 Å². The molecular formula is C13H14FN3O2. The van der Waals surface area contributed by atoms with Gasteiger partial charge in [0, 0.05) is 5.92 Å². The first-order valence-corrected chi connectivity index (χ1v) is 5.91. The summed E-state index contributed by atoms with van der Waals surface area (Å²) < 4.78 is 15.0. The van der Waals surface area contributed by atoms with E-state index >= 15 is 0 Å². The molecule has 2 aromatic rings. The highest BCUT2D eigenvalue weighted by Crippen LogP contribution is 2.17. The smallest absolute Gasteiger partial charge is 0.311 e. The molecule has 0 atom stereocenters. The van der Waals surface area contributed by atoms with Crippen molar-refractivity contribution < 1.29 is 14.3 Å². The Morgan fingerprint density at radius 3 is 2.68 bits per heavy atom. The average Bonchev–Trinajstić information content (AvgIpc) is 2.73. The topological polar surface area (TPSA) is 68.0 Å². The van der Waals surface area contributed by atoms with Crippen LogP contribution in [-0.4, -0.2) is 25.8 Å². The Morgan fingerprint density at radius 1 is 1.42 bits per heavy atom. The summed E-state index contributed by atoms with van der Waals surface area (Å²) in [4.78, 5) is 15.0. The molecule has 0 unspecified atom stereocenters. The Balaban J connectivity index is 2.54. The van der Waals surface area contributed by atoms with Crippen molar-refractivity contribution in [3.8, 4) is 5.69 Å². The first kappa shape index (κ1) is 13.2. The molecule has 5 nitrogen and oxygen atoms in total. The second-order valence-corrected chi connectivity index (χ2v) is 4.47. The van der Waals surface area contributed by atoms with Crippen molar-refractivity contribution in [3.05, 3.63) is 41.7 Å². The van der Waals surface area contributed by atoms with E-state index in [0.29, 0.717) is 5.82 Å². The van der Waals surface area contributed by atoms with Crippen LogP contribution in [0.3, 0.4) is 0 Å². The van der Waals surface area contributed by atoms with Crippen LogP contribution in [0.25, 0.3) is 5.69 Å². The third kappa shape index (κ3) is 2.78. The van der Waals surface area contributed by atoms with Gasteiger partial charge in [0.15, 0.2) is 5.82 Å². The maximum Gasteiger partial charge on any atom is 0.311 e. The number of carboxylic acid groups (broad SMARTS) is 1. The van der Waals surface area contributed by atoms with E-state index < -0.39 is 11.8 Å². The second-order valence-electron chi connectivity index (χ2n) is 4.47. The van der Waals surface area contributed by atoms with Gasteiger partial charge in [0.1, 0.15) is 23.7 Å². The molecule has 0 amide bonds. The fourth-order valence-corrected chi connectivity index (χ4v) is 1.67. The van der Waals surface area contributed by atoms with Crippen LogP contribution in [0.15, 0.2) is 24.3 Å². The molecule has 0 spiro atoms. The fourth-order valence-electron chi connectivity index (χ4n) is 1.67. The van der Waals surface area contributed by atoms with E-state index in [1.54, 1.807) is 18.2 Å². The summed E-state index contributed by atoms with van der Waals surface area (Å²) in [7, 11) is 0. The number of aliphatic carboxylic acids is 1. The van der Waals surface area contributed by atoms with Gasteiger partial charge in [-0.3, -0.25) is 4.79 Å². The van der Waals surface area contributed by atoms with Crippen molar-refractivity contribution in [2.45, 2.75) is 26.2 Å². The van der Waals surface area contributed by atoms with Gasteiger partial charge in [0.05, 0.1) is 0 Å². The zero-order valence-electron chi connectivity index (χ0n) is 10.7. The number of nitrogens with zero attached hydrogens (tertiary/aromatic N) is 3. The Hall–Kier alpha value is -2.24. The zero-order chi connectivity index (χ0) is 14.0. The summed E-state index contributed by atoms with van der Waals surface area (Å²) in [5.74, 6) is -0.726. The molecular weight excluding hydrogens is 249 g/mol. The first-order chi connectivity index (χ1) is 8.99. The van der Waals surface area contributed by atoms with Crippen molar-refractivity contribution in [2.75, 3.05) is 0 Å². The molecule has 0 saturated carbocycles. The Kier molecular flexibility index (Phi) is 3.59. The van der Waals surface area contributed by atoms with Gasteiger partial charge in [-0.15, -0.1) is 0 Å². The largest absolute Gasteiger partial charge is 0.481 e.